The molecule has 0 bridgehead atoms. The SMILES string of the molecule is CC(=O)COCCCOCCC(O)CCC(C)(C)C. The van der Waals surface area contributed by atoms with Crippen molar-refractivity contribution in [3.63, 3.8) is 0 Å². The molecule has 0 amide bonds. The van der Waals surface area contributed by atoms with Crippen LogP contribution in [0.25, 0.3) is 0 Å². The zero-order chi connectivity index (χ0) is 14.7. The van der Waals surface area contributed by atoms with Gasteiger partial charge in [0.05, 0.1) is 6.10 Å². The zero-order valence-corrected chi connectivity index (χ0v) is 12.9. The second-order valence-corrected chi connectivity index (χ2v) is 6.26. The normalized spacial score (nSPS) is 13.5. The minimum atomic E-state index is -0.270. The summed E-state index contributed by atoms with van der Waals surface area (Å²) in [5.74, 6) is 0.0443. The highest BCUT2D eigenvalue weighted by atomic mass is 16.5. The molecule has 0 heterocycles. The van der Waals surface area contributed by atoms with E-state index in [0.29, 0.717) is 26.2 Å². The van der Waals surface area contributed by atoms with Crippen molar-refractivity contribution in [3.8, 4) is 0 Å². The van der Waals surface area contributed by atoms with Gasteiger partial charge in [-0.3, -0.25) is 4.79 Å². The van der Waals surface area contributed by atoms with Gasteiger partial charge in [0.15, 0.2) is 5.78 Å². The molecule has 0 aromatic heterocycles. The number of rotatable bonds is 11. The van der Waals surface area contributed by atoms with Gasteiger partial charge in [0.25, 0.3) is 0 Å². The number of aliphatic hydroxyl groups is 1. The summed E-state index contributed by atoms with van der Waals surface area (Å²) in [7, 11) is 0. The summed E-state index contributed by atoms with van der Waals surface area (Å²) >= 11 is 0. The van der Waals surface area contributed by atoms with Crippen LogP contribution in [-0.2, 0) is 14.3 Å². The Morgan fingerprint density at radius 2 is 1.74 bits per heavy atom. The number of carbonyl (C=O) groups is 1. The summed E-state index contributed by atoms with van der Waals surface area (Å²) in [6.07, 6.45) is 3.05. The van der Waals surface area contributed by atoms with E-state index in [-0.39, 0.29) is 23.9 Å². The van der Waals surface area contributed by atoms with E-state index in [4.69, 9.17) is 9.47 Å². The molecule has 0 radical (unpaired) electrons. The van der Waals surface area contributed by atoms with Crippen molar-refractivity contribution in [2.24, 2.45) is 5.41 Å². The first kappa shape index (κ1) is 18.6. The third-order valence-electron chi connectivity index (χ3n) is 2.71. The van der Waals surface area contributed by atoms with Crippen LogP contribution in [0.2, 0.25) is 0 Å². The Morgan fingerprint density at radius 1 is 1.11 bits per heavy atom. The number of Topliss-reactive ketones (excluding diaryl/α,β-unsaturated/α-hetero) is 1. The monoisotopic (exact) mass is 274 g/mol. The summed E-state index contributed by atoms with van der Waals surface area (Å²) in [6, 6.07) is 0. The predicted octanol–water partition coefficient (Wildman–Crippen LogP) is 2.58. The van der Waals surface area contributed by atoms with Crippen molar-refractivity contribution < 1.29 is 19.4 Å². The van der Waals surface area contributed by atoms with Gasteiger partial charge in [0.1, 0.15) is 6.61 Å². The predicted molar refractivity (Wildman–Crippen MR) is 76.2 cm³/mol. The van der Waals surface area contributed by atoms with E-state index in [1.165, 1.54) is 6.92 Å². The van der Waals surface area contributed by atoms with Crippen LogP contribution in [0.15, 0.2) is 0 Å². The number of aliphatic hydroxyl groups excluding tert-OH is 1. The van der Waals surface area contributed by atoms with Crippen LogP contribution in [0.5, 0.6) is 0 Å². The van der Waals surface area contributed by atoms with Crippen LogP contribution in [0.1, 0.15) is 53.4 Å². The molecule has 0 saturated carbocycles. The summed E-state index contributed by atoms with van der Waals surface area (Å²) in [4.78, 5) is 10.6. The highest BCUT2D eigenvalue weighted by Gasteiger charge is 2.13. The fourth-order valence-corrected chi connectivity index (χ4v) is 1.54. The van der Waals surface area contributed by atoms with Gasteiger partial charge in [-0.2, -0.15) is 0 Å². The van der Waals surface area contributed by atoms with E-state index in [1.54, 1.807) is 0 Å². The molecule has 0 fully saturated rings. The largest absolute Gasteiger partial charge is 0.393 e. The topological polar surface area (TPSA) is 55.8 Å². The van der Waals surface area contributed by atoms with Gasteiger partial charge in [-0.15, -0.1) is 0 Å². The first-order valence-electron chi connectivity index (χ1n) is 7.14. The molecule has 4 nitrogen and oxygen atoms in total. The summed E-state index contributed by atoms with van der Waals surface area (Å²) in [5.41, 5.74) is 0.274. The van der Waals surface area contributed by atoms with Crippen molar-refractivity contribution in [1.82, 2.24) is 0 Å². The summed E-state index contributed by atoms with van der Waals surface area (Å²) < 4.78 is 10.5. The molecule has 0 rings (SSSR count). The van der Waals surface area contributed by atoms with E-state index in [9.17, 15) is 9.90 Å². The molecule has 1 N–H and O–H groups in total. The molecule has 0 aliphatic carbocycles. The summed E-state index contributed by atoms with van der Waals surface area (Å²) in [5, 5.41) is 9.77. The smallest absolute Gasteiger partial charge is 0.155 e. The van der Waals surface area contributed by atoms with Crippen LogP contribution >= 0.6 is 0 Å². The number of hydrogen-bond donors (Lipinski definition) is 1. The van der Waals surface area contributed by atoms with Crippen molar-refractivity contribution in [1.29, 1.82) is 0 Å². The Morgan fingerprint density at radius 3 is 2.32 bits per heavy atom. The highest BCUT2D eigenvalue weighted by molar-refractivity contribution is 5.76. The van der Waals surface area contributed by atoms with Gasteiger partial charge in [-0.25, -0.2) is 0 Å². The molecule has 0 aliphatic rings. The molecule has 4 heteroatoms. The van der Waals surface area contributed by atoms with Crippen LogP contribution in [0.3, 0.4) is 0 Å². The van der Waals surface area contributed by atoms with E-state index in [0.717, 1.165) is 19.3 Å². The third-order valence-corrected chi connectivity index (χ3v) is 2.71. The highest BCUT2D eigenvalue weighted by Crippen LogP contribution is 2.22. The fraction of sp³-hybridized carbons (Fsp3) is 0.933. The molecule has 0 spiro atoms. The van der Waals surface area contributed by atoms with Gasteiger partial charge in [0.2, 0.25) is 0 Å². The second-order valence-electron chi connectivity index (χ2n) is 6.26. The molecular formula is C15H30O4. The maximum atomic E-state index is 10.6. The Labute approximate surface area is 117 Å². The molecule has 114 valence electrons. The second kappa shape index (κ2) is 10.4. The van der Waals surface area contributed by atoms with Crippen LogP contribution in [0, 0.1) is 5.41 Å². The zero-order valence-electron chi connectivity index (χ0n) is 12.9. The molecule has 0 saturated heterocycles. The van der Waals surface area contributed by atoms with E-state index in [1.807, 2.05) is 0 Å². The van der Waals surface area contributed by atoms with E-state index < -0.39 is 0 Å². The number of ether oxygens (including phenoxy) is 2. The quantitative estimate of drug-likeness (QED) is 0.588. The Hall–Kier alpha value is -0.450. The lowest BCUT2D eigenvalue weighted by Crippen LogP contribution is -2.15. The molecule has 0 aromatic carbocycles. The third kappa shape index (κ3) is 15.5. The van der Waals surface area contributed by atoms with Crippen molar-refractivity contribution in [2.45, 2.75) is 59.5 Å². The maximum Gasteiger partial charge on any atom is 0.155 e. The van der Waals surface area contributed by atoms with Crippen LogP contribution < -0.4 is 0 Å². The van der Waals surface area contributed by atoms with Gasteiger partial charge in [0, 0.05) is 19.8 Å². The molecule has 0 aliphatic heterocycles. The molecule has 0 aromatic rings. The Balaban J connectivity index is 3.27. The minimum absolute atomic E-state index is 0.0443. The first-order valence-corrected chi connectivity index (χ1v) is 7.14. The van der Waals surface area contributed by atoms with E-state index >= 15 is 0 Å². The minimum Gasteiger partial charge on any atom is -0.393 e. The van der Waals surface area contributed by atoms with Gasteiger partial charge in [-0.05, 0) is 38.0 Å². The van der Waals surface area contributed by atoms with Gasteiger partial charge >= 0.3 is 0 Å². The Bertz CT molecular complexity index is 233. The summed E-state index contributed by atoms with van der Waals surface area (Å²) in [6.45, 7) is 9.97. The van der Waals surface area contributed by atoms with Crippen molar-refractivity contribution in [3.05, 3.63) is 0 Å². The lowest BCUT2D eigenvalue weighted by atomic mass is 9.89. The fourth-order valence-electron chi connectivity index (χ4n) is 1.54. The average molecular weight is 274 g/mol. The lowest BCUT2D eigenvalue weighted by Gasteiger charge is -2.20. The Kier molecular flexibility index (Phi) is 10.1. The molecule has 1 atom stereocenters. The van der Waals surface area contributed by atoms with Crippen molar-refractivity contribution in [2.75, 3.05) is 26.4 Å². The molecule has 19 heavy (non-hydrogen) atoms. The van der Waals surface area contributed by atoms with Crippen molar-refractivity contribution >= 4 is 5.78 Å². The first-order chi connectivity index (χ1) is 8.81. The lowest BCUT2D eigenvalue weighted by molar-refractivity contribution is -0.121. The maximum absolute atomic E-state index is 10.6. The molecular weight excluding hydrogens is 244 g/mol. The van der Waals surface area contributed by atoms with Crippen LogP contribution in [0.4, 0.5) is 0 Å². The average Bonchev–Trinajstić information content (AvgIpc) is 2.28. The van der Waals surface area contributed by atoms with Gasteiger partial charge in [-0.1, -0.05) is 20.8 Å². The van der Waals surface area contributed by atoms with E-state index in [2.05, 4.69) is 20.8 Å². The number of hydrogen-bond acceptors (Lipinski definition) is 4. The number of ketones is 1. The molecule has 1 unspecified atom stereocenters. The van der Waals surface area contributed by atoms with Crippen LogP contribution in [-0.4, -0.2) is 43.4 Å². The number of carbonyl (C=O) groups excluding carboxylic acids is 1. The van der Waals surface area contributed by atoms with Gasteiger partial charge < -0.3 is 14.6 Å². The standard InChI is InChI=1S/C15H30O4/c1-13(16)12-19-10-5-9-18-11-7-14(17)6-8-15(2,3)4/h14,17H,5-12H2,1-4H3.